The van der Waals surface area contributed by atoms with E-state index >= 15 is 0 Å². The van der Waals surface area contributed by atoms with Gasteiger partial charge in [-0.3, -0.25) is 10.2 Å². The molecule has 0 fully saturated rings. The molecule has 0 saturated carbocycles. The van der Waals surface area contributed by atoms with Crippen LogP contribution in [0.5, 0.6) is 0 Å². The van der Waals surface area contributed by atoms with Crippen LogP contribution in [0, 0.1) is 0 Å². The maximum Gasteiger partial charge on any atom is 0.256 e. The minimum atomic E-state index is -0.477. The Morgan fingerprint density at radius 1 is 1.70 bits per heavy atom. The van der Waals surface area contributed by atoms with Crippen molar-refractivity contribution in [3.05, 3.63) is 27.7 Å². The topological polar surface area (TPSA) is 68.7 Å². The third-order valence-corrected chi connectivity index (χ3v) is 1.75. The fourth-order valence-electron chi connectivity index (χ4n) is 0.578. The summed E-state index contributed by atoms with van der Waals surface area (Å²) in [5.41, 5.74) is 5.40. The standard InChI is InChI=1S/C6H6N2OS/c7-5-1-2-10-3-4(5)6(8)9/h1-3,7H,(H2,8,9)/p+1. The van der Waals surface area contributed by atoms with Crippen molar-refractivity contribution in [3.8, 4) is 0 Å². The molecule has 1 rings (SSSR count). The molecular weight excluding hydrogens is 148 g/mol. The second-order valence-corrected chi connectivity index (χ2v) is 2.57. The number of rotatable bonds is 1. The lowest BCUT2D eigenvalue weighted by Crippen LogP contribution is -2.48. The fraction of sp³-hybridized carbons (Fsp3) is 0. The normalized spacial score (nSPS) is 9.20. The molecule has 4 N–H and O–H groups in total. The van der Waals surface area contributed by atoms with Crippen molar-refractivity contribution in [1.82, 2.24) is 0 Å². The summed E-state index contributed by atoms with van der Waals surface area (Å²) in [5, 5.41) is 9.29. The number of primary amides is 1. The van der Waals surface area contributed by atoms with E-state index in [0.717, 1.165) is 0 Å². The molecule has 0 aliphatic carbocycles. The van der Waals surface area contributed by atoms with Gasteiger partial charge in [0.05, 0.1) is 0 Å². The zero-order chi connectivity index (χ0) is 7.56. The number of hydrogen-bond donors (Lipinski definition) is 2. The van der Waals surface area contributed by atoms with E-state index in [-0.39, 0.29) is 0 Å². The average Bonchev–Trinajstić information content (AvgIpc) is 1.88. The first kappa shape index (κ1) is 6.95. The molecule has 0 radical (unpaired) electrons. The molecule has 1 aromatic heterocycles. The average molecular weight is 155 g/mol. The van der Waals surface area contributed by atoms with E-state index in [4.69, 9.17) is 11.1 Å². The third-order valence-electron chi connectivity index (χ3n) is 1.09. The second kappa shape index (κ2) is 2.62. The van der Waals surface area contributed by atoms with Gasteiger partial charge in [-0.1, -0.05) is 0 Å². The van der Waals surface area contributed by atoms with Crippen LogP contribution in [-0.2, 0) is 0 Å². The first-order valence-electron chi connectivity index (χ1n) is 2.66. The van der Waals surface area contributed by atoms with Gasteiger partial charge in [-0.15, -0.1) is 0 Å². The summed E-state index contributed by atoms with van der Waals surface area (Å²) in [7, 11) is 0. The van der Waals surface area contributed by atoms with Crippen molar-refractivity contribution in [3.63, 3.8) is 0 Å². The summed E-state index contributed by atoms with van der Waals surface area (Å²) in [6.45, 7) is 0. The van der Waals surface area contributed by atoms with Crippen molar-refractivity contribution in [2.24, 2.45) is 5.73 Å². The fourth-order valence-corrected chi connectivity index (χ4v) is 1.27. The molecule has 0 bridgehead atoms. The van der Waals surface area contributed by atoms with Gasteiger partial charge >= 0.3 is 0 Å². The molecule has 10 heavy (non-hydrogen) atoms. The summed E-state index contributed by atoms with van der Waals surface area (Å²) in [5.74, 6) is -0.477. The molecule has 0 spiro atoms. The molecule has 0 aromatic carbocycles. The van der Waals surface area contributed by atoms with Crippen LogP contribution in [0.3, 0.4) is 0 Å². The summed E-state index contributed by atoms with van der Waals surface area (Å²) >= 11 is 1.39. The van der Waals surface area contributed by atoms with Crippen LogP contribution in [0.2, 0.25) is 0 Å². The smallest absolute Gasteiger partial charge is 0.256 e. The van der Waals surface area contributed by atoms with E-state index in [1.54, 1.807) is 16.8 Å². The highest BCUT2D eigenvalue weighted by atomic mass is 32.1. The summed E-state index contributed by atoms with van der Waals surface area (Å²) in [6, 6.07) is 1.66. The van der Waals surface area contributed by atoms with Crippen LogP contribution in [0.15, 0.2) is 16.8 Å². The molecule has 0 unspecified atom stereocenters. The van der Waals surface area contributed by atoms with Crippen LogP contribution >= 0.6 is 11.3 Å². The number of nitrogens with two attached hydrogens (primary N) is 2. The Hall–Kier alpha value is -1.16. The highest BCUT2D eigenvalue weighted by molar-refractivity contribution is 7.07. The Morgan fingerprint density at radius 2 is 2.40 bits per heavy atom. The van der Waals surface area contributed by atoms with Crippen LogP contribution in [-0.4, -0.2) is 5.91 Å². The lowest BCUT2D eigenvalue weighted by molar-refractivity contribution is -0.172. The van der Waals surface area contributed by atoms with Crippen molar-refractivity contribution in [2.75, 3.05) is 0 Å². The van der Waals surface area contributed by atoms with Crippen molar-refractivity contribution in [2.45, 2.75) is 0 Å². The van der Waals surface area contributed by atoms with E-state index in [0.29, 0.717) is 10.9 Å². The monoisotopic (exact) mass is 155 g/mol. The Bertz CT molecular complexity index is 305. The molecule has 1 aromatic rings. The Kier molecular flexibility index (Phi) is 1.82. The minimum absolute atomic E-state index is 0.396. The first-order valence-corrected chi connectivity index (χ1v) is 3.61. The second-order valence-electron chi connectivity index (χ2n) is 1.79. The highest BCUT2D eigenvalue weighted by Gasteiger charge is 2.03. The Balaban J connectivity index is 3.29. The van der Waals surface area contributed by atoms with Gasteiger partial charge in [0, 0.05) is 11.4 Å². The molecule has 52 valence electrons. The van der Waals surface area contributed by atoms with Gasteiger partial charge in [-0.2, -0.15) is 11.3 Å². The molecular formula is C6H7N2OS+. The molecule has 0 aliphatic heterocycles. The number of amides is 1. The van der Waals surface area contributed by atoms with Crippen molar-refractivity contribution < 1.29 is 10.2 Å². The predicted octanol–water partition coefficient (Wildman–Crippen LogP) is -1.49. The van der Waals surface area contributed by atoms with Gasteiger partial charge in [-0.05, 0) is 5.38 Å². The van der Waals surface area contributed by atoms with Gasteiger partial charge in [0.25, 0.3) is 5.91 Å². The first-order chi connectivity index (χ1) is 4.72. The molecule has 0 saturated heterocycles. The summed E-state index contributed by atoms with van der Waals surface area (Å²) < 4.78 is 0. The van der Waals surface area contributed by atoms with E-state index in [1.807, 2.05) is 0 Å². The maximum absolute atomic E-state index is 10.6. The summed E-state index contributed by atoms with van der Waals surface area (Å²) in [4.78, 5) is 10.6. The molecule has 4 heteroatoms. The quantitative estimate of drug-likeness (QED) is 0.509. The molecule has 0 aliphatic rings. The molecule has 1 heterocycles. The zero-order valence-electron chi connectivity index (χ0n) is 5.20. The van der Waals surface area contributed by atoms with Gasteiger partial charge in [-0.25, -0.2) is 0 Å². The van der Waals surface area contributed by atoms with Gasteiger partial charge < -0.3 is 5.73 Å². The minimum Gasteiger partial charge on any atom is -0.365 e. The van der Waals surface area contributed by atoms with E-state index in [9.17, 15) is 4.79 Å². The number of carbonyl (C=O) groups excluding carboxylic acids is 1. The van der Waals surface area contributed by atoms with Gasteiger partial charge in [0.15, 0.2) is 0 Å². The van der Waals surface area contributed by atoms with Crippen LogP contribution in [0.4, 0.5) is 0 Å². The third kappa shape index (κ3) is 1.22. The zero-order valence-corrected chi connectivity index (χ0v) is 6.02. The number of hydrogen-bond acceptors (Lipinski definition) is 2. The van der Waals surface area contributed by atoms with Crippen molar-refractivity contribution in [1.29, 1.82) is 0 Å². The largest absolute Gasteiger partial charge is 0.365 e. The van der Waals surface area contributed by atoms with E-state index in [1.165, 1.54) is 11.3 Å². The molecule has 3 nitrogen and oxygen atoms in total. The predicted molar refractivity (Wildman–Crippen MR) is 37.9 cm³/mol. The van der Waals surface area contributed by atoms with E-state index < -0.39 is 5.91 Å². The lowest BCUT2D eigenvalue weighted by Gasteiger charge is -1.86. The highest BCUT2D eigenvalue weighted by Crippen LogP contribution is 1.94. The van der Waals surface area contributed by atoms with Gasteiger partial charge in [0.1, 0.15) is 5.56 Å². The molecule has 1 amide bonds. The number of carbonyl (C=O) groups is 1. The summed E-state index contributed by atoms with van der Waals surface area (Å²) in [6.07, 6.45) is 0. The van der Waals surface area contributed by atoms with Crippen LogP contribution in [0.1, 0.15) is 10.4 Å². The Labute approximate surface area is 61.6 Å². The maximum atomic E-state index is 10.6. The SMILES string of the molecule is NC(=O)c1csccc1=[NH2+]. The van der Waals surface area contributed by atoms with E-state index in [2.05, 4.69) is 0 Å². The lowest BCUT2D eigenvalue weighted by atomic mass is 10.3. The van der Waals surface area contributed by atoms with Crippen LogP contribution < -0.4 is 16.5 Å². The molecule has 0 atom stereocenters. The Morgan fingerprint density at radius 3 is 2.80 bits per heavy atom. The van der Waals surface area contributed by atoms with Crippen LogP contribution in [0.25, 0.3) is 0 Å². The van der Waals surface area contributed by atoms with Gasteiger partial charge in [0.2, 0.25) is 5.36 Å². The van der Waals surface area contributed by atoms with Crippen molar-refractivity contribution >= 4 is 17.2 Å².